The van der Waals surface area contributed by atoms with Gasteiger partial charge < -0.3 is 11.1 Å². The van der Waals surface area contributed by atoms with Crippen molar-refractivity contribution in [2.24, 2.45) is 10.7 Å². The number of aliphatic imine (C=N–C) groups is 1. The lowest BCUT2D eigenvalue weighted by molar-refractivity contribution is 0.412. The first-order chi connectivity index (χ1) is 10.9. The summed E-state index contributed by atoms with van der Waals surface area (Å²) in [5.74, 6) is 0.383. The molecule has 3 N–H and O–H groups in total. The Bertz CT molecular complexity index is 650. The van der Waals surface area contributed by atoms with Crippen molar-refractivity contribution in [1.82, 2.24) is 9.62 Å². The van der Waals surface area contributed by atoms with E-state index in [-0.39, 0.29) is 11.4 Å². The van der Waals surface area contributed by atoms with Crippen molar-refractivity contribution < 1.29 is 8.42 Å². The number of nitrogens with one attached hydrogen (secondary N) is 1. The van der Waals surface area contributed by atoms with Crippen LogP contribution in [0.4, 0.5) is 0 Å². The van der Waals surface area contributed by atoms with Crippen LogP contribution >= 0.6 is 0 Å². The van der Waals surface area contributed by atoms with Crippen molar-refractivity contribution >= 4 is 16.0 Å². The predicted octanol–water partition coefficient (Wildman–Crippen LogP) is 1.67. The Labute approximate surface area is 138 Å². The maximum atomic E-state index is 12.3. The van der Waals surface area contributed by atoms with Crippen LogP contribution in [0, 0.1) is 0 Å². The first-order valence-electron chi connectivity index (χ1n) is 7.98. The van der Waals surface area contributed by atoms with Gasteiger partial charge in [0.15, 0.2) is 5.96 Å². The lowest BCUT2D eigenvalue weighted by atomic mass is 9.96. The molecule has 0 bridgehead atoms. The number of hydrogen-bond acceptors (Lipinski definition) is 3. The maximum Gasteiger partial charge on any atom is 0.242 e. The lowest BCUT2D eigenvalue weighted by Gasteiger charge is -2.23. The molecule has 1 saturated carbocycles. The van der Waals surface area contributed by atoms with E-state index < -0.39 is 10.0 Å². The van der Waals surface area contributed by atoms with Crippen molar-refractivity contribution in [3.8, 4) is 0 Å². The number of benzene rings is 1. The largest absolute Gasteiger partial charge is 0.370 e. The summed E-state index contributed by atoms with van der Waals surface area (Å²) in [5, 5.41) is 3.24. The van der Waals surface area contributed by atoms with Gasteiger partial charge in [-0.2, -0.15) is 0 Å². The Morgan fingerprint density at radius 3 is 2.57 bits per heavy atom. The summed E-state index contributed by atoms with van der Waals surface area (Å²) >= 11 is 0. The van der Waals surface area contributed by atoms with Crippen LogP contribution in [0.25, 0.3) is 0 Å². The molecule has 0 atom stereocenters. The first kappa shape index (κ1) is 17.7. The minimum atomic E-state index is -3.48. The molecule has 1 aromatic rings. The molecule has 2 rings (SSSR count). The third kappa shape index (κ3) is 4.68. The standard InChI is InChI=1S/C16H26N4O2S/c1-20(2)23(21,22)15-11-7-6-8-13(15)12-18-16(17)19-14-9-4-3-5-10-14/h6-8,11,14H,3-5,9-10,12H2,1-2H3,(H3,17,18,19). The van der Waals surface area contributed by atoms with E-state index in [0.717, 1.165) is 12.8 Å². The summed E-state index contributed by atoms with van der Waals surface area (Å²) in [5.41, 5.74) is 6.60. The van der Waals surface area contributed by atoms with Gasteiger partial charge in [-0.05, 0) is 24.5 Å². The molecule has 0 spiro atoms. The Hall–Kier alpha value is -1.60. The molecule has 0 heterocycles. The van der Waals surface area contributed by atoms with Crippen LogP contribution in [0.2, 0.25) is 0 Å². The number of hydrogen-bond donors (Lipinski definition) is 2. The topological polar surface area (TPSA) is 87.8 Å². The van der Waals surface area contributed by atoms with E-state index in [9.17, 15) is 8.42 Å². The van der Waals surface area contributed by atoms with Crippen LogP contribution in [0.5, 0.6) is 0 Å². The zero-order chi connectivity index (χ0) is 16.9. The van der Waals surface area contributed by atoms with Crippen molar-refractivity contribution in [3.05, 3.63) is 29.8 Å². The van der Waals surface area contributed by atoms with Crippen LogP contribution in [0.3, 0.4) is 0 Å². The SMILES string of the molecule is CN(C)S(=O)(=O)c1ccccc1CN=C(N)NC1CCCCC1. The molecule has 128 valence electrons. The third-order valence-electron chi connectivity index (χ3n) is 4.11. The molecule has 0 unspecified atom stereocenters. The molecular formula is C16H26N4O2S. The lowest BCUT2D eigenvalue weighted by Crippen LogP contribution is -2.41. The fourth-order valence-corrected chi connectivity index (χ4v) is 3.86. The summed E-state index contributed by atoms with van der Waals surface area (Å²) < 4.78 is 25.9. The van der Waals surface area contributed by atoms with E-state index >= 15 is 0 Å². The van der Waals surface area contributed by atoms with Gasteiger partial charge in [-0.3, -0.25) is 0 Å². The second kappa shape index (κ2) is 7.79. The normalized spacial score (nSPS) is 17.4. The van der Waals surface area contributed by atoms with Gasteiger partial charge in [0.1, 0.15) is 0 Å². The number of guanidine groups is 1. The second-order valence-electron chi connectivity index (χ2n) is 6.08. The predicted molar refractivity (Wildman–Crippen MR) is 92.6 cm³/mol. The van der Waals surface area contributed by atoms with E-state index in [4.69, 9.17) is 5.73 Å². The van der Waals surface area contributed by atoms with Gasteiger partial charge in [-0.1, -0.05) is 37.5 Å². The fraction of sp³-hybridized carbons (Fsp3) is 0.562. The minimum Gasteiger partial charge on any atom is -0.370 e. The molecule has 0 saturated heterocycles. The van der Waals surface area contributed by atoms with Crippen LogP contribution in [0.1, 0.15) is 37.7 Å². The van der Waals surface area contributed by atoms with Crippen LogP contribution < -0.4 is 11.1 Å². The molecule has 6 nitrogen and oxygen atoms in total. The van der Waals surface area contributed by atoms with E-state index in [1.54, 1.807) is 18.2 Å². The summed E-state index contributed by atoms with van der Waals surface area (Å²) in [6.07, 6.45) is 5.94. The molecule has 0 aliphatic heterocycles. The zero-order valence-electron chi connectivity index (χ0n) is 13.8. The summed E-state index contributed by atoms with van der Waals surface area (Å²) in [7, 11) is -0.435. The average molecular weight is 338 g/mol. The van der Waals surface area contributed by atoms with E-state index in [2.05, 4.69) is 10.3 Å². The molecule has 1 aliphatic rings. The highest BCUT2D eigenvalue weighted by Gasteiger charge is 2.20. The van der Waals surface area contributed by atoms with Gasteiger partial charge >= 0.3 is 0 Å². The maximum absolute atomic E-state index is 12.3. The highest BCUT2D eigenvalue weighted by Crippen LogP contribution is 2.19. The van der Waals surface area contributed by atoms with E-state index in [1.165, 1.54) is 37.7 Å². The average Bonchev–Trinajstić information content (AvgIpc) is 2.54. The van der Waals surface area contributed by atoms with Gasteiger partial charge in [-0.15, -0.1) is 0 Å². The van der Waals surface area contributed by atoms with Crippen LogP contribution in [0.15, 0.2) is 34.2 Å². The van der Waals surface area contributed by atoms with Gasteiger partial charge in [0.2, 0.25) is 10.0 Å². The van der Waals surface area contributed by atoms with Gasteiger partial charge in [-0.25, -0.2) is 17.7 Å². The van der Waals surface area contributed by atoms with Gasteiger partial charge in [0.25, 0.3) is 0 Å². The Morgan fingerprint density at radius 2 is 1.91 bits per heavy atom. The van der Waals surface area contributed by atoms with Gasteiger partial charge in [0.05, 0.1) is 11.4 Å². The second-order valence-corrected chi connectivity index (χ2v) is 8.20. The van der Waals surface area contributed by atoms with E-state index in [1.807, 2.05) is 6.07 Å². The quantitative estimate of drug-likeness (QED) is 0.631. The number of rotatable bonds is 5. The molecule has 1 aliphatic carbocycles. The fourth-order valence-electron chi connectivity index (χ4n) is 2.75. The monoisotopic (exact) mass is 338 g/mol. The number of nitrogens with zero attached hydrogens (tertiary/aromatic N) is 2. The zero-order valence-corrected chi connectivity index (χ0v) is 14.6. The van der Waals surface area contributed by atoms with E-state index in [0.29, 0.717) is 17.6 Å². The van der Waals surface area contributed by atoms with Crippen molar-refractivity contribution in [3.63, 3.8) is 0 Å². The number of nitrogens with two attached hydrogens (primary N) is 1. The minimum absolute atomic E-state index is 0.245. The third-order valence-corrected chi connectivity index (χ3v) is 6.02. The molecule has 0 radical (unpaired) electrons. The molecule has 1 aromatic carbocycles. The van der Waals surface area contributed by atoms with Crippen LogP contribution in [-0.4, -0.2) is 38.8 Å². The van der Waals surface area contributed by atoms with Gasteiger partial charge in [0, 0.05) is 20.1 Å². The van der Waals surface area contributed by atoms with Crippen molar-refractivity contribution in [2.45, 2.75) is 49.6 Å². The summed E-state index contributed by atoms with van der Waals surface area (Å²) in [4.78, 5) is 4.60. The smallest absolute Gasteiger partial charge is 0.242 e. The highest BCUT2D eigenvalue weighted by atomic mass is 32.2. The molecule has 0 aromatic heterocycles. The Balaban J connectivity index is 2.09. The molecule has 0 amide bonds. The summed E-state index contributed by atoms with van der Waals surface area (Å²) in [6, 6.07) is 7.28. The van der Waals surface area contributed by atoms with Crippen molar-refractivity contribution in [1.29, 1.82) is 0 Å². The Kier molecular flexibility index (Phi) is 6.01. The number of sulfonamides is 1. The molecular weight excluding hydrogens is 312 g/mol. The molecule has 7 heteroatoms. The highest BCUT2D eigenvalue weighted by molar-refractivity contribution is 7.89. The molecule has 1 fully saturated rings. The van der Waals surface area contributed by atoms with Crippen LogP contribution in [-0.2, 0) is 16.6 Å². The first-order valence-corrected chi connectivity index (χ1v) is 9.42. The van der Waals surface area contributed by atoms with Crippen molar-refractivity contribution in [2.75, 3.05) is 14.1 Å². The Morgan fingerprint density at radius 1 is 1.26 bits per heavy atom. The summed E-state index contributed by atoms with van der Waals surface area (Å²) in [6.45, 7) is 0.245. The molecule has 23 heavy (non-hydrogen) atoms.